The van der Waals surface area contributed by atoms with Gasteiger partial charge in [0.05, 0.1) is 17.7 Å². The van der Waals surface area contributed by atoms with E-state index in [-0.39, 0.29) is 17.9 Å². The molecule has 1 aromatic rings. The Morgan fingerprint density at radius 2 is 2.06 bits per heavy atom. The number of benzene rings is 1. The van der Waals surface area contributed by atoms with Crippen molar-refractivity contribution in [2.75, 3.05) is 6.54 Å². The first-order chi connectivity index (χ1) is 7.50. The molecule has 1 aliphatic heterocycles. The Kier molecular flexibility index (Phi) is 2.63. The van der Waals surface area contributed by atoms with E-state index in [0.29, 0.717) is 10.0 Å². The van der Waals surface area contributed by atoms with E-state index in [0.717, 1.165) is 4.90 Å². The van der Waals surface area contributed by atoms with Gasteiger partial charge < -0.3 is 0 Å². The second-order valence-electron chi connectivity index (χ2n) is 3.49. The molecule has 81 valence electrons. The predicted octanol–water partition coefficient (Wildman–Crippen LogP) is 1.43. The number of rotatable bonds is 2. The van der Waals surface area contributed by atoms with Crippen LogP contribution in [0.5, 0.6) is 0 Å². The van der Waals surface area contributed by atoms with Gasteiger partial charge in [-0.05, 0) is 19.1 Å². The Labute approximate surface area is 100 Å². The zero-order valence-electron chi connectivity index (χ0n) is 8.41. The maximum atomic E-state index is 11.8. The summed E-state index contributed by atoms with van der Waals surface area (Å²) < 4.78 is 0.608. The molecule has 1 heterocycles. The highest BCUT2D eigenvalue weighted by Crippen LogP contribution is 2.25. The smallest absolute Gasteiger partial charge is 0.262 e. The van der Waals surface area contributed by atoms with Crippen LogP contribution in [0.15, 0.2) is 16.6 Å². The third-order valence-electron chi connectivity index (χ3n) is 2.23. The number of ketones is 1. The first kappa shape index (κ1) is 11.0. The van der Waals surface area contributed by atoms with Gasteiger partial charge in [0.1, 0.15) is 5.78 Å². The molecule has 1 aliphatic rings. The fourth-order valence-corrected chi connectivity index (χ4v) is 1.88. The predicted molar refractivity (Wildman–Crippen MR) is 59.0 cm³/mol. The number of hydrogen-bond acceptors (Lipinski definition) is 3. The molecule has 2 amide bonds. The van der Waals surface area contributed by atoms with E-state index in [9.17, 15) is 14.4 Å². The summed E-state index contributed by atoms with van der Waals surface area (Å²) >= 11 is 3.18. The van der Waals surface area contributed by atoms with Crippen molar-refractivity contribution in [2.24, 2.45) is 0 Å². The Hall–Kier alpha value is -1.49. The molecule has 16 heavy (non-hydrogen) atoms. The van der Waals surface area contributed by atoms with E-state index in [2.05, 4.69) is 22.0 Å². The van der Waals surface area contributed by atoms with Crippen LogP contribution in [0.2, 0.25) is 0 Å². The third-order valence-corrected chi connectivity index (χ3v) is 2.69. The fourth-order valence-electron chi connectivity index (χ4n) is 1.55. The van der Waals surface area contributed by atoms with Gasteiger partial charge in [-0.1, -0.05) is 15.9 Å². The van der Waals surface area contributed by atoms with Gasteiger partial charge in [-0.15, -0.1) is 0 Å². The maximum Gasteiger partial charge on any atom is 0.262 e. The summed E-state index contributed by atoms with van der Waals surface area (Å²) in [5.41, 5.74) is 0.523. The normalized spacial score (nSPS) is 14.2. The highest BCUT2D eigenvalue weighted by atomic mass is 79.9. The lowest BCUT2D eigenvalue weighted by atomic mass is 10.1. The molecule has 1 radical (unpaired) electrons. The third kappa shape index (κ3) is 1.67. The number of imide groups is 1. The van der Waals surface area contributed by atoms with E-state index in [1.807, 2.05) is 0 Å². The van der Waals surface area contributed by atoms with Crippen molar-refractivity contribution < 1.29 is 14.4 Å². The van der Waals surface area contributed by atoms with Crippen molar-refractivity contribution >= 4 is 33.5 Å². The Morgan fingerprint density at radius 3 is 2.69 bits per heavy atom. The van der Waals surface area contributed by atoms with Crippen molar-refractivity contribution in [3.63, 3.8) is 0 Å². The van der Waals surface area contributed by atoms with E-state index in [1.54, 1.807) is 12.1 Å². The fraction of sp³-hybridized carbons (Fsp3) is 0.182. The molecule has 2 rings (SSSR count). The van der Waals surface area contributed by atoms with Gasteiger partial charge in [0.25, 0.3) is 11.8 Å². The number of fused-ring (bicyclic) bond motifs is 1. The zero-order chi connectivity index (χ0) is 11.9. The average molecular weight is 281 g/mol. The number of carbonyl (C=O) groups is 3. The van der Waals surface area contributed by atoms with Gasteiger partial charge in [0.2, 0.25) is 0 Å². The van der Waals surface area contributed by atoms with Gasteiger partial charge in [-0.2, -0.15) is 0 Å². The first-order valence-corrected chi connectivity index (χ1v) is 5.37. The first-order valence-electron chi connectivity index (χ1n) is 4.58. The molecule has 5 heteroatoms. The molecule has 4 nitrogen and oxygen atoms in total. The summed E-state index contributed by atoms with van der Waals surface area (Å²) in [6.45, 7) is 1.15. The lowest BCUT2D eigenvalue weighted by molar-refractivity contribution is -0.117. The van der Waals surface area contributed by atoms with Crippen molar-refractivity contribution in [1.29, 1.82) is 0 Å². The summed E-state index contributed by atoms with van der Waals surface area (Å²) in [5, 5.41) is 0. The van der Waals surface area contributed by atoms with E-state index in [1.165, 1.54) is 6.92 Å². The zero-order valence-corrected chi connectivity index (χ0v) is 10.00. The number of Topliss-reactive ketones (excluding diaryl/α,β-unsaturated/α-hetero) is 1. The Balaban J connectivity index is 2.44. The number of carbonyl (C=O) groups excluding carboxylic acids is 3. The van der Waals surface area contributed by atoms with Crippen LogP contribution in [0.1, 0.15) is 27.6 Å². The summed E-state index contributed by atoms with van der Waals surface area (Å²) in [6, 6.07) is 5.96. The molecule has 0 N–H and O–H groups in total. The molecule has 0 bridgehead atoms. The molecule has 0 aliphatic carbocycles. The number of halogens is 1. The van der Waals surface area contributed by atoms with Crippen molar-refractivity contribution in [3.8, 4) is 0 Å². The minimum atomic E-state index is -0.462. The highest BCUT2D eigenvalue weighted by Gasteiger charge is 2.36. The molecular formula is C11H7BrNO3. The van der Waals surface area contributed by atoms with Gasteiger partial charge in [-0.25, -0.2) is 0 Å². The van der Waals surface area contributed by atoms with Gasteiger partial charge in [0, 0.05) is 10.5 Å². The minimum Gasteiger partial charge on any atom is -0.298 e. The molecular weight excluding hydrogens is 274 g/mol. The van der Waals surface area contributed by atoms with Crippen LogP contribution in [0, 0.1) is 6.07 Å². The van der Waals surface area contributed by atoms with Crippen LogP contribution >= 0.6 is 15.9 Å². The van der Waals surface area contributed by atoms with Crippen LogP contribution < -0.4 is 0 Å². The molecule has 0 spiro atoms. The molecule has 0 unspecified atom stereocenters. The summed E-state index contributed by atoms with van der Waals surface area (Å²) in [6.07, 6.45) is 0. The molecule has 0 saturated carbocycles. The van der Waals surface area contributed by atoms with Gasteiger partial charge >= 0.3 is 0 Å². The lowest BCUT2D eigenvalue weighted by Gasteiger charge is -2.10. The molecule has 0 atom stereocenters. The second kappa shape index (κ2) is 3.83. The Bertz CT molecular complexity index is 510. The lowest BCUT2D eigenvalue weighted by Crippen LogP contribution is -2.33. The second-order valence-corrected chi connectivity index (χ2v) is 4.35. The average Bonchev–Trinajstić information content (AvgIpc) is 2.43. The van der Waals surface area contributed by atoms with Gasteiger partial charge in [-0.3, -0.25) is 19.3 Å². The summed E-state index contributed by atoms with van der Waals surface area (Å²) in [4.78, 5) is 35.5. The summed E-state index contributed by atoms with van der Waals surface area (Å²) in [5.74, 6) is -1.12. The van der Waals surface area contributed by atoms with E-state index in [4.69, 9.17) is 0 Å². The topological polar surface area (TPSA) is 54.5 Å². The summed E-state index contributed by atoms with van der Waals surface area (Å²) in [7, 11) is 0. The number of nitrogens with zero attached hydrogens (tertiary/aromatic N) is 1. The van der Waals surface area contributed by atoms with Crippen molar-refractivity contribution in [1.82, 2.24) is 4.90 Å². The molecule has 1 aromatic carbocycles. The molecule has 0 saturated heterocycles. The monoisotopic (exact) mass is 280 g/mol. The largest absolute Gasteiger partial charge is 0.298 e. The van der Waals surface area contributed by atoms with Crippen LogP contribution in [0.25, 0.3) is 0 Å². The van der Waals surface area contributed by atoms with E-state index < -0.39 is 11.8 Å². The van der Waals surface area contributed by atoms with Gasteiger partial charge in [0.15, 0.2) is 0 Å². The SMILES string of the molecule is CC(=O)CN1C(=O)c2[c]c(Br)ccc2C1=O. The highest BCUT2D eigenvalue weighted by molar-refractivity contribution is 9.10. The molecule has 0 fully saturated rings. The van der Waals surface area contributed by atoms with Crippen LogP contribution in [-0.4, -0.2) is 29.0 Å². The van der Waals surface area contributed by atoms with Crippen LogP contribution in [0.3, 0.4) is 0 Å². The number of hydrogen-bond donors (Lipinski definition) is 0. The maximum absolute atomic E-state index is 11.8. The van der Waals surface area contributed by atoms with Crippen LogP contribution in [0.4, 0.5) is 0 Å². The van der Waals surface area contributed by atoms with Crippen molar-refractivity contribution in [2.45, 2.75) is 6.92 Å². The minimum absolute atomic E-state index is 0.183. The number of amides is 2. The molecule has 0 aromatic heterocycles. The Morgan fingerprint density at radius 1 is 1.38 bits per heavy atom. The quantitative estimate of drug-likeness (QED) is 0.771. The van der Waals surface area contributed by atoms with Crippen LogP contribution in [-0.2, 0) is 4.79 Å². The van der Waals surface area contributed by atoms with E-state index >= 15 is 0 Å². The standard InChI is InChI=1S/C11H7BrNO3/c1-6(14)5-13-10(15)8-3-2-7(12)4-9(8)11(13)16/h2-3H,5H2,1H3. The van der Waals surface area contributed by atoms with Crippen molar-refractivity contribution in [3.05, 3.63) is 33.8 Å².